The molecule has 2 fully saturated rings. The van der Waals surface area contributed by atoms with Crippen molar-refractivity contribution in [3.8, 4) is 6.07 Å². The normalized spacial score (nSPS) is 21.7. The molecule has 2 aliphatic heterocycles. The van der Waals surface area contributed by atoms with Crippen LogP contribution in [0.25, 0.3) is 0 Å². The maximum Gasteiger partial charge on any atom is 0.0991 e. The van der Waals surface area contributed by atoms with Crippen molar-refractivity contribution >= 4 is 5.69 Å². The largest absolute Gasteiger partial charge is 0.369 e. The molecule has 0 spiro atoms. The average Bonchev–Trinajstić information content (AvgIpc) is 3.10. The second-order valence-corrected chi connectivity index (χ2v) is 6.54. The molecule has 2 saturated heterocycles. The second kappa shape index (κ2) is 7.13. The van der Waals surface area contributed by atoms with Crippen molar-refractivity contribution in [2.75, 3.05) is 50.7 Å². The first kappa shape index (κ1) is 15.3. The van der Waals surface area contributed by atoms with Crippen LogP contribution in [0, 0.1) is 11.3 Å². The van der Waals surface area contributed by atoms with Crippen LogP contribution in [0.5, 0.6) is 0 Å². The van der Waals surface area contributed by atoms with Crippen molar-refractivity contribution in [1.82, 2.24) is 9.80 Å². The predicted molar refractivity (Wildman–Crippen MR) is 90.1 cm³/mol. The van der Waals surface area contributed by atoms with E-state index in [2.05, 4.69) is 39.8 Å². The highest BCUT2D eigenvalue weighted by Gasteiger charge is 2.23. The van der Waals surface area contributed by atoms with E-state index in [1.807, 2.05) is 12.1 Å². The number of nitriles is 1. The lowest BCUT2D eigenvalue weighted by Gasteiger charge is -2.38. The molecular weight excluding hydrogens is 272 g/mol. The van der Waals surface area contributed by atoms with E-state index in [1.165, 1.54) is 38.2 Å². The van der Waals surface area contributed by atoms with Crippen LogP contribution >= 0.6 is 0 Å². The number of anilines is 1. The van der Waals surface area contributed by atoms with Gasteiger partial charge >= 0.3 is 0 Å². The molecule has 0 aromatic heterocycles. The zero-order valence-electron chi connectivity index (χ0n) is 13.5. The molecule has 0 amide bonds. The van der Waals surface area contributed by atoms with E-state index in [0.29, 0.717) is 6.04 Å². The number of piperazine rings is 1. The van der Waals surface area contributed by atoms with Crippen LogP contribution in [0.4, 0.5) is 5.69 Å². The molecule has 22 heavy (non-hydrogen) atoms. The lowest BCUT2D eigenvalue weighted by Crippen LogP contribution is -2.50. The molecule has 3 rings (SSSR count). The maximum atomic E-state index is 8.87. The van der Waals surface area contributed by atoms with E-state index in [4.69, 9.17) is 5.26 Å². The van der Waals surface area contributed by atoms with Gasteiger partial charge in [-0.25, -0.2) is 0 Å². The first-order chi connectivity index (χ1) is 10.8. The molecular formula is C18H26N4. The Hall–Kier alpha value is -1.57. The van der Waals surface area contributed by atoms with Gasteiger partial charge in [0.05, 0.1) is 11.6 Å². The van der Waals surface area contributed by atoms with E-state index in [1.54, 1.807) is 0 Å². The SMILES string of the molecule is CC(CN1CCN(c2ccc(C#N)cc2)CC1)N1CCCC1. The zero-order chi connectivity index (χ0) is 15.4. The summed E-state index contributed by atoms with van der Waals surface area (Å²) >= 11 is 0. The summed E-state index contributed by atoms with van der Waals surface area (Å²) in [6, 6.07) is 10.8. The molecule has 0 radical (unpaired) electrons. The summed E-state index contributed by atoms with van der Waals surface area (Å²) in [5.41, 5.74) is 1.98. The van der Waals surface area contributed by atoms with E-state index >= 15 is 0 Å². The molecule has 0 N–H and O–H groups in total. The van der Waals surface area contributed by atoms with Crippen molar-refractivity contribution in [2.45, 2.75) is 25.8 Å². The average molecular weight is 298 g/mol. The van der Waals surface area contributed by atoms with Gasteiger partial charge in [0.1, 0.15) is 0 Å². The summed E-state index contributed by atoms with van der Waals surface area (Å²) in [5.74, 6) is 0. The first-order valence-corrected chi connectivity index (χ1v) is 8.48. The van der Waals surface area contributed by atoms with E-state index in [0.717, 1.165) is 31.7 Å². The molecule has 118 valence electrons. The van der Waals surface area contributed by atoms with Gasteiger partial charge in [-0.15, -0.1) is 0 Å². The monoisotopic (exact) mass is 298 g/mol. The van der Waals surface area contributed by atoms with Gasteiger partial charge in [-0.3, -0.25) is 9.80 Å². The van der Waals surface area contributed by atoms with Crippen LogP contribution in [0.15, 0.2) is 24.3 Å². The Morgan fingerprint density at radius 2 is 1.64 bits per heavy atom. The Morgan fingerprint density at radius 3 is 2.23 bits per heavy atom. The third-order valence-electron chi connectivity index (χ3n) is 5.02. The van der Waals surface area contributed by atoms with Crippen molar-refractivity contribution in [3.63, 3.8) is 0 Å². The lowest BCUT2D eigenvalue weighted by molar-refractivity contribution is 0.165. The molecule has 0 saturated carbocycles. The summed E-state index contributed by atoms with van der Waals surface area (Å²) in [4.78, 5) is 7.66. The van der Waals surface area contributed by atoms with Gasteiger partial charge in [0.2, 0.25) is 0 Å². The highest BCUT2D eigenvalue weighted by atomic mass is 15.3. The minimum atomic E-state index is 0.684. The second-order valence-electron chi connectivity index (χ2n) is 6.54. The molecule has 1 aromatic carbocycles. The van der Waals surface area contributed by atoms with Gasteiger partial charge in [0.15, 0.2) is 0 Å². The first-order valence-electron chi connectivity index (χ1n) is 8.48. The third-order valence-corrected chi connectivity index (χ3v) is 5.02. The Kier molecular flexibility index (Phi) is 4.97. The van der Waals surface area contributed by atoms with E-state index in [9.17, 15) is 0 Å². The fourth-order valence-electron chi connectivity index (χ4n) is 3.61. The smallest absolute Gasteiger partial charge is 0.0991 e. The summed E-state index contributed by atoms with van der Waals surface area (Å²) in [6.45, 7) is 10.6. The van der Waals surface area contributed by atoms with Crippen LogP contribution in [0.2, 0.25) is 0 Å². The minimum Gasteiger partial charge on any atom is -0.369 e. The topological polar surface area (TPSA) is 33.5 Å². The van der Waals surface area contributed by atoms with Crippen molar-refractivity contribution < 1.29 is 0 Å². The fourth-order valence-corrected chi connectivity index (χ4v) is 3.61. The minimum absolute atomic E-state index is 0.684. The Morgan fingerprint density at radius 1 is 1.00 bits per heavy atom. The van der Waals surface area contributed by atoms with Gasteiger partial charge in [0.25, 0.3) is 0 Å². The highest BCUT2D eigenvalue weighted by Crippen LogP contribution is 2.18. The van der Waals surface area contributed by atoms with Gasteiger partial charge in [-0.1, -0.05) is 0 Å². The van der Waals surface area contributed by atoms with Crippen LogP contribution in [-0.4, -0.2) is 61.7 Å². The zero-order valence-corrected chi connectivity index (χ0v) is 13.5. The van der Waals surface area contributed by atoms with Crippen LogP contribution in [-0.2, 0) is 0 Å². The number of rotatable bonds is 4. The third kappa shape index (κ3) is 3.60. The standard InChI is InChI=1S/C18H26N4/c1-16(21-8-2-3-9-21)15-20-10-12-22(13-11-20)18-6-4-17(14-19)5-7-18/h4-7,16H,2-3,8-13,15H2,1H3. The predicted octanol–water partition coefficient (Wildman–Crippen LogP) is 2.16. The summed E-state index contributed by atoms with van der Waals surface area (Å²) in [5, 5.41) is 8.87. The Balaban J connectivity index is 1.48. The van der Waals surface area contributed by atoms with E-state index < -0.39 is 0 Å². The molecule has 0 aliphatic carbocycles. The van der Waals surface area contributed by atoms with Crippen LogP contribution in [0.3, 0.4) is 0 Å². The van der Waals surface area contributed by atoms with Crippen molar-refractivity contribution in [2.24, 2.45) is 0 Å². The molecule has 2 heterocycles. The summed E-state index contributed by atoms with van der Waals surface area (Å²) in [7, 11) is 0. The number of hydrogen-bond acceptors (Lipinski definition) is 4. The van der Waals surface area contributed by atoms with Crippen molar-refractivity contribution in [1.29, 1.82) is 5.26 Å². The quantitative estimate of drug-likeness (QED) is 0.853. The summed E-state index contributed by atoms with van der Waals surface area (Å²) in [6.07, 6.45) is 2.74. The van der Waals surface area contributed by atoms with Gasteiger partial charge in [0, 0.05) is 44.5 Å². The molecule has 4 nitrogen and oxygen atoms in total. The molecule has 0 bridgehead atoms. The van der Waals surface area contributed by atoms with Crippen LogP contribution in [0.1, 0.15) is 25.3 Å². The lowest BCUT2D eigenvalue weighted by atomic mass is 10.2. The van der Waals surface area contributed by atoms with Gasteiger partial charge < -0.3 is 4.90 Å². The Bertz CT molecular complexity index is 505. The molecule has 1 unspecified atom stereocenters. The molecule has 1 atom stereocenters. The van der Waals surface area contributed by atoms with Gasteiger partial charge in [-0.2, -0.15) is 5.26 Å². The maximum absolute atomic E-state index is 8.87. The Labute approximate surface area is 133 Å². The van der Waals surface area contributed by atoms with Crippen LogP contribution < -0.4 is 4.90 Å². The van der Waals surface area contributed by atoms with Gasteiger partial charge in [-0.05, 0) is 57.1 Å². The molecule has 2 aliphatic rings. The fraction of sp³-hybridized carbons (Fsp3) is 0.611. The van der Waals surface area contributed by atoms with Crippen molar-refractivity contribution in [3.05, 3.63) is 29.8 Å². The molecule has 4 heteroatoms. The number of likely N-dealkylation sites (tertiary alicyclic amines) is 1. The number of nitrogens with zero attached hydrogens (tertiary/aromatic N) is 4. The molecule has 1 aromatic rings. The number of benzene rings is 1. The number of hydrogen-bond donors (Lipinski definition) is 0. The highest BCUT2D eigenvalue weighted by molar-refractivity contribution is 5.50. The summed E-state index contributed by atoms with van der Waals surface area (Å²) < 4.78 is 0. The van der Waals surface area contributed by atoms with E-state index in [-0.39, 0.29) is 0 Å².